The number of aromatic nitrogens is 2. The standard InChI is InChI=1S/C30H30N2O8/c1-2-37-28(36)23-24(40-27(35)22-11-7-4-8-12-22)25(33)32-19-20-13-15-30(16-14-20,29(32)31-23)39-18-17-38-26(34)21-9-5-3-6-10-21/h3-12,20H,2,13-19H2,1H3. The van der Waals surface area contributed by atoms with Crippen molar-refractivity contribution in [3.05, 3.63) is 93.7 Å². The average molecular weight is 547 g/mol. The van der Waals surface area contributed by atoms with Gasteiger partial charge < -0.3 is 18.9 Å². The van der Waals surface area contributed by atoms with Gasteiger partial charge in [-0.25, -0.2) is 19.4 Å². The van der Waals surface area contributed by atoms with Crippen LogP contribution in [-0.4, -0.2) is 47.3 Å². The monoisotopic (exact) mass is 546 g/mol. The summed E-state index contributed by atoms with van der Waals surface area (Å²) in [7, 11) is 0. The van der Waals surface area contributed by atoms with Crippen molar-refractivity contribution >= 4 is 17.9 Å². The Morgan fingerprint density at radius 3 is 2.12 bits per heavy atom. The van der Waals surface area contributed by atoms with E-state index in [2.05, 4.69) is 4.98 Å². The largest absolute Gasteiger partial charge is 0.461 e. The number of nitrogens with zero attached hydrogens (tertiary/aromatic N) is 2. The number of carbonyl (C=O) groups is 3. The lowest BCUT2D eigenvalue weighted by Gasteiger charge is -2.36. The smallest absolute Gasteiger partial charge is 0.361 e. The third-order valence-corrected chi connectivity index (χ3v) is 7.27. The second-order valence-corrected chi connectivity index (χ2v) is 9.79. The van der Waals surface area contributed by atoms with Crippen LogP contribution in [0.4, 0.5) is 0 Å². The number of ether oxygens (including phenoxy) is 4. The minimum Gasteiger partial charge on any atom is -0.461 e. The molecule has 10 nitrogen and oxygen atoms in total. The van der Waals surface area contributed by atoms with Crippen LogP contribution in [0.1, 0.15) is 69.6 Å². The molecule has 6 rings (SSSR count). The molecule has 3 heterocycles. The maximum absolute atomic E-state index is 13.8. The van der Waals surface area contributed by atoms with Gasteiger partial charge in [-0.1, -0.05) is 36.4 Å². The van der Waals surface area contributed by atoms with Gasteiger partial charge in [0.15, 0.2) is 5.69 Å². The molecular formula is C30H30N2O8. The zero-order valence-electron chi connectivity index (χ0n) is 22.2. The third-order valence-electron chi connectivity index (χ3n) is 7.27. The molecule has 1 aliphatic carbocycles. The average Bonchev–Trinajstić information content (AvgIpc) is 3.24. The molecular weight excluding hydrogens is 516 g/mol. The Bertz CT molecular complexity index is 1440. The van der Waals surface area contributed by atoms with E-state index in [1.165, 1.54) is 4.57 Å². The SMILES string of the molecule is CCOC(=O)c1nc2n(c(=O)c1OC(=O)c1ccccc1)CC1CCC2(OCCOC(=O)c2ccccc2)CC1. The van der Waals surface area contributed by atoms with Crippen LogP contribution in [0.2, 0.25) is 0 Å². The van der Waals surface area contributed by atoms with Gasteiger partial charge in [0.2, 0.25) is 5.75 Å². The van der Waals surface area contributed by atoms with Crippen LogP contribution in [0, 0.1) is 5.92 Å². The first-order valence-electron chi connectivity index (χ1n) is 13.4. The first-order valence-corrected chi connectivity index (χ1v) is 13.4. The Kier molecular flexibility index (Phi) is 8.06. The Labute approximate surface area is 230 Å². The minimum absolute atomic E-state index is 0.000639. The van der Waals surface area contributed by atoms with Crippen LogP contribution >= 0.6 is 0 Å². The van der Waals surface area contributed by atoms with E-state index in [0.717, 1.165) is 12.8 Å². The molecule has 1 aromatic heterocycles. The number of rotatable bonds is 9. The highest BCUT2D eigenvalue weighted by atomic mass is 16.6. The van der Waals surface area contributed by atoms with Crippen molar-refractivity contribution < 1.29 is 33.3 Å². The van der Waals surface area contributed by atoms with Crippen molar-refractivity contribution in [2.24, 2.45) is 5.92 Å². The molecule has 0 saturated heterocycles. The molecule has 0 amide bonds. The summed E-state index contributed by atoms with van der Waals surface area (Å²) in [6.07, 6.45) is 2.70. The lowest BCUT2D eigenvalue weighted by Crippen LogP contribution is -2.39. The van der Waals surface area contributed by atoms with E-state index < -0.39 is 34.8 Å². The summed E-state index contributed by atoms with van der Waals surface area (Å²) < 4.78 is 23.8. The van der Waals surface area contributed by atoms with E-state index >= 15 is 0 Å². The fraction of sp³-hybridized carbons (Fsp3) is 0.367. The predicted octanol–water partition coefficient (Wildman–Crippen LogP) is 3.91. The fourth-order valence-corrected chi connectivity index (χ4v) is 5.26. The zero-order valence-corrected chi connectivity index (χ0v) is 22.2. The van der Waals surface area contributed by atoms with E-state index in [4.69, 9.17) is 18.9 Å². The summed E-state index contributed by atoms with van der Waals surface area (Å²) in [6.45, 7) is 2.10. The second kappa shape index (κ2) is 11.8. The molecule has 1 fully saturated rings. The Hall–Kier alpha value is -4.31. The van der Waals surface area contributed by atoms with Gasteiger partial charge in [-0.05, 0) is 62.8 Å². The maximum atomic E-state index is 13.8. The maximum Gasteiger partial charge on any atom is 0.361 e. The van der Waals surface area contributed by atoms with Gasteiger partial charge in [-0.2, -0.15) is 0 Å². The van der Waals surface area contributed by atoms with Gasteiger partial charge >= 0.3 is 17.9 Å². The van der Waals surface area contributed by atoms with Crippen molar-refractivity contribution in [3.63, 3.8) is 0 Å². The van der Waals surface area contributed by atoms with Crippen LogP contribution in [0.25, 0.3) is 0 Å². The van der Waals surface area contributed by atoms with Crippen molar-refractivity contribution in [2.45, 2.75) is 44.8 Å². The number of carbonyl (C=O) groups excluding carboxylic acids is 3. The van der Waals surface area contributed by atoms with Gasteiger partial charge in [-0.15, -0.1) is 0 Å². The van der Waals surface area contributed by atoms with E-state index in [1.807, 2.05) is 6.07 Å². The van der Waals surface area contributed by atoms with Gasteiger partial charge in [0.05, 0.1) is 24.3 Å². The molecule has 0 unspecified atom stereocenters. The predicted molar refractivity (Wildman–Crippen MR) is 142 cm³/mol. The first-order chi connectivity index (χ1) is 19.4. The molecule has 0 radical (unpaired) electrons. The van der Waals surface area contributed by atoms with Crippen LogP contribution in [0.15, 0.2) is 65.5 Å². The van der Waals surface area contributed by atoms with Crippen molar-refractivity contribution in [1.29, 1.82) is 0 Å². The summed E-state index contributed by atoms with van der Waals surface area (Å²) in [6, 6.07) is 16.8. The Balaban J connectivity index is 1.45. The summed E-state index contributed by atoms with van der Waals surface area (Å²) in [5.74, 6) is -2.10. The molecule has 2 aliphatic heterocycles. The molecule has 1 saturated carbocycles. The quantitative estimate of drug-likeness (QED) is 0.290. The summed E-state index contributed by atoms with van der Waals surface area (Å²) in [5.41, 5.74) is -1.33. The van der Waals surface area contributed by atoms with Gasteiger partial charge in [0.25, 0.3) is 5.56 Å². The van der Waals surface area contributed by atoms with Gasteiger partial charge in [-0.3, -0.25) is 9.36 Å². The summed E-state index contributed by atoms with van der Waals surface area (Å²) in [5, 5.41) is 0. The van der Waals surface area contributed by atoms with Crippen LogP contribution in [-0.2, 0) is 26.4 Å². The second-order valence-electron chi connectivity index (χ2n) is 9.79. The van der Waals surface area contributed by atoms with E-state index in [1.54, 1.807) is 61.5 Å². The van der Waals surface area contributed by atoms with E-state index in [-0.39, 0.29) is 42.8 Å². The van der Waals surface area contributed by atoms with Crippen molar-refractivity contribution in [2.75, 3.05) is 19.8 Å². The molecule has 0 atom stereocenters. The number of hydrogen-bond donors (Lipinski definition) is 0. The lowest BCUT2D eigenvalue weighted by atomic mass is 9.80. The number of esters is 3. The van der Waals surface area contributed by atoms with Gasteiger partial charge in [0.1, 0.15) is 18.0 Å². The van der Waals surface area contributed by atoms with Crippen LogP contribution in [0.3, 0.4) is 0 Å². The molecule has 3 aromatic rings. The van der Waals surface area contributed by atoms with Gasteiger partial charge in [0, 0.05) is 6.54 Å². The Morgan fingerprint density at radius 2 is 1.50 bits per heavy atom. The zero-order chi connectivity index (χ0) is 28.1. The Morgan fingerprint density at radius 1 is 0.875 bits per heavy atom. The highest BCUT2D eigenvalue weighted by Gasteiger charge is 2.46. The minimum atomic E-state index is -0.978. The number of hydrogen-bond acceptors (Lipinski definition) is 9. The van der Waals surface area contributed by atoms with Crippen LogP contribution < -0.4 is 10.3 Å². The molecule has 0 N–H and O–H groups in total. The first kappa shape index (κ1) is 27.3. The number of fused-ring (bicyclic) bond motifs is 2. The fourth-order valence-electron chi connectivity index (χ4n) is 5.26. The molecule has 3 aliphatic rings. The molecule has 40 heavy (non-hydrogen) atoms. The molecule has 0 spiro atoms. The van der Waals surface area contributed by atoms with Crippen LogP contribution in [0.5, 0.6) is 5.75 Å². The topological polar surface area (TPSA) is 123 Å². The molecule has 10 heteroatoms. The normalized spacial score (nSPS) is 19.3. The third kappa shape index (κ3) is 5.53. The number of benzene rings is 2. The van der Waals surface area contributed by atoms with Crippen molar-refractivity contribution in [1.82, 2.24) is 9.55 Å². The highest BCUT2D eigenvalue weighted by molar-refractivity contribution is 5.95. The molecule has 2 bridgehead atoms. The molecule has 2 aromatic carbocycles. The summed E-state index contributed by atoms with van der Waals surface area (Å²) in [4.78, 5) is 56.6. The lowest BCUT2D eigenvalue weighted by molar-refractivity contribution is -0.0955. The van der Waals surface area contributed by atoms with E-state index in [0.29, 0.717) is 24.9 Å². The van der Waals surface area contributed by atoms with Crippen molar-refractivity contribution in [3.8, 4) is 5.75 Å². The highest BCUT2D eigenvalue weighted by Crippen LogP contribution is 2.45. The summed E-state index contributed by atoms with van der Waals surface area (Å²) >= 11 is 0. The molecule has 208 valence electrons. The van der Waals surface area contributed by atoms with E-state index in [9.17, 15) is 19.2 Å².